The van der Waals surface area contributed by atoms with E-state index in [1.165, 1.54) is 6.07 Å². The number of rotatable bonds is 3. The molecule has 0 spiro atoms. The Balaban J connectivity index is 2.31. The predicted octanol–water partition coefficient (Wildman–Crippen LogP) is 0.299. The second-order valence-electron chi connectivity index (χ2n) is 3.48. The van der Waals surface area contributed by atoms with Crippen molar-refractivity contribution in [2.24, 2.45) is 0 Å². The molecule has 1 heterocycles. The summed E-state index contributed by atoms with van der Waals surface area (Å²) in [6.45, 7) is -0.0680. The molecule has 2 aromatic rings. The quantitative estimate of drug-likeness (QED) is 0.612. The van der Waals surface area contributed by atoms with Crippen LogP contribution in [0.15, 0.2) is 39.9 Å². The first-order valence-corrected chi connectivity index (χ1v) is 4.98. The molecule has 0 unspecified atom stereocenters. The van der Waals surface area contributed by atoms with Gasteiger partial charge in [-0.2, -0.15) is 0 Å². The van der Waals surface area contributed by atoms with Crippen molar-refractivity contribution < 1.29 is 5.11 Å². The highest BCUT2D eigenvalue weighted by molar-refractivity contribution is 5.56. The lowest BCUT2D eigenvalue weighted by Gasteiger charge is -2.06. The highest BCUT2D eigenvalue weighted by atomic mass is 16.3. The second-order valence-corrected chi connectivity index (χ2v) is 3.48. The normalized spacial score (nSPS) is 10.2. The SMILES string of the molecule is O=c1cc(Nc2cccc(CO)c2)[nH]c(=O)[nH]1. The van der Waals surface area contributed by atoms with Crippen LogP contribution >= 0.6 is 0 Å². The average molecular weight is 233 g/mol. The Labute approximate surface area is 96.0 Å². The highest BCUT2D eigenvalue weighted by Gasteiger charge is 1.98. The van der Waals surface area contributed by atoms with Gasteiger partial charge in [-0.3, -0.25) is 14.8 Å². The summed E-state index contributed by atoms with van der Waals surface area (Å²) in [6.07, 6.45) is 0. The molecule has 0 fully saturated rings. The van der Waals surface area contributed by atoms with Crippen molar-refractivity contribution in [3.05, 3.63) is 56.7 Å². The molecule has 1 aromatic heterocycles. The van der Waals surface area contributed by atoms with Gasteiger partial charge in [-0.15, -0.1) is 0 Å². The fraction of sp³-hybridized carbons (Fsp3) is 0.0909. The lowest BCUT2D eigenvalue weighted by Crippen LogP contribution is -2.22. The van der Waals surface area contributed by atoms with Gasteiger partial charge in [0.1, 0.15) is 5.82 Å². The number of aliphatic hydroxyl groups excluding tert-OH is 1. The Bertz CT molecular complexity index is 602. The Morgan fingerprint density at radius 2 is 2.00 bits per heavy atom. The molecule has 0 aliphatic carbocycles. The molecule has 4 N–H and O–H groups in total. The maximum Gasteiger partial charge on any atom is 0.327 e. The molecule has 17 heavy (non-hydrogen) atoms. The third-order valence-electron chi connectivity index (χ3n) is 2.15. The summed E-state index contributed by atoms with van der Waals surface area (Å²) >= 11 is 0. The molecule has 2 rings (SSSR count). The first kappa shape index (κ1) is 11.2. The molecule has 0 saturated carbocycles. The minimum absolute atomic E-state index is 0.0680. The van der Waals surface area contributed by atoms with Crippen LogP contribution in [0.25, 0.3) is 0 Å². The fourth-order valence-corrected chi connectivity index (χ4v) is 1.44. The van der Waals surface area contributed by atoms with Crippen molar-refractivity contribution in [1.82, 2.24) is 9.97 Å². The van der Waals surface area contributed by atoms with E-state index in [2.05, 4.69) is 15.3 Å². The van der Waals surface area contributed by atoms with Crippen LogP contribution in [-0.2, 0) is 6.61 Å². The minimum Gasteiger partial charge on any atom is -0.392 e. The van der Waals surface area contributed by atoms with Crippen LogP contribution in [0.5, 0.6) is 0 Å². The van der Waals surface area contributed by atoms with E-state index in [1.807, 2.05) is 0 Å². The third-order valence-corrected chi connectivity index (χ3v) is 2.15. The molecule has 0 aliphatic rings. The molecular formula is C11H11N3O3. The fourth-order valence-electron chi connectivity index (χ4n) is 1.44. The summed E-state index contributed by atoms with van der Waals surface area (Å²) in [5.74, 6) is 0.300. The van der Waals surface area contributed by atoms with Gasteiger partial charge < -0.3 is 10.4 Å². The maximum atomic E-state index is 11.1. The summed E-state index contributed by atoms with van der Waals surface area (Å²) < 4.78 is 0. The van der Waals surface area contributed by atoms with Crippen molar-refractivity contribution >= 4 is 11.5 Å². The van der Waals surface area contributed by atoms with Gasteiger partial charge in [0.2, 0.25) is 0 Å². The summed E-state index contributed by atoms with van der Waals surface area (Å²) in [7, 11) is 0. The standard InChI is InChI=1S/C11H11N3O3/c15-6-7-2-1-3-8(4-7)12-9-5-10(16)14-11(17)13-9/h1-5,15H,6H2,(H3,12,13,14,16,17). The van der Waals surface area contributed by atoms with Crippen molar-refractivity contribution in [2.45, 2.75) is 6.61 Å². The Kier molecular flexibility index (Phi) is 3.06. The monoisotopic (exact) mass is 233 g/mol. The average Bonchev–Trinajstić information content (AvgIpc) is 2.28. The Morgan fingerprint density at radius 1 is 1.18 bits per heavy atom. The number of nitrogens with one attached hydrogen (secondary N) is 3. The lowest BCUT2D eigenvalue weighted by molar-refractivity contribution is 0.282. The number of anilines is 2. The van der Waals surface area contributed by atoms with Gasteiger partial charge >= 0.3 is 5.69 Å². The van der Waals surface area contributed by atoms with Crippen LogP contribution in [0.3, 0.4) is 0 Å². The largest absolute Gasteiger partial charge is 0.392 e. The second kappa shape index (κ2) is 4.67. The van der Waals surface area contributed by atoms with E-state index in [0.29, 0.717) is 11.5 Å². The highest BCUT2D eigenvalue weighted by Crippen LogP contribution is 2.14. The first-order valence-electron chi connectivity index (χ1n) is 4.98. The number of aliphatic hydroxyl groups is 1. The lowest BCUT2D eigenvalue weighted by atomic mass is 10.2. The van der Waals surface area contributed by atoms with E-state index in [1.54, 1.807) is 24.3 Å². The molecular weight excluding hydrogens is 222 g/mol. The topological polar surface area (TPSA) is 98.0 Å². The van der Waals surface area contributed by atoms with Gasteiger partial charge in [-0.1, -0.05) is 12.1 Å². The third kappa shape index (κ3) is 2.82. The Hall–Kier alpha value is -2.34. The van der Waals surface area contributed by atoms with Crippen molar-refractivity contribution in [2.75, 3.05) is 5.32 Å². The smallest absolute Gasteiger partial charge is 0.327 e. The molecule has 6 heteroatoms. The van der Waals surface area contributed by atoms with Crippen LogP contribution < -0.4 is 16.6 Å². The number of hydrogen-bond donors (Lipinski definition) is 4. The maximum absolute atomic E-state index is 11.1. The predicted molar refractivity (Wildman–Crippen MR) is 63.3 cm³/mol. The van der Waals surface area contributed by atoms with Gasteiger partial charge in [0.25, 0.3) is 5.56 Å². The molecule has 0 aliphatic heterocycles. The molecule has 0 atom stereocenters. The van der Waals surface area contributed by atoms with Gasteiger partial charge in [-0.05, 0) is 17.7 Å². The van der Waals surface area contributed by atoms with Crippen LogP contribution in [0.1, 0.15) is 5.56 Å². The first-order chi connectivity index (χ1) is 8.17. The number of hydrogen-bond acceptors (Lipinski definition) is 4. The zero-order chi connectivity index (χ0) is 12.3. The van der Waals surface area contributed by atoms with Crippen LogP contribution in [-0.4, -0.2) is 15.1 Å². The van der Waals surface area contributed by atoms with Gasteiger partial charge in [0.05, 0.1) is 6.61 Å². The zero-order valence-corrected chi connectivity index (χ0v) is 8.86. The molecule has 0 saturated heterocycles. The van der Waals surface area contributed by atoms with E-state index >= 15 is 0 Å². The number of benzene rings is 1. The summed E-state index contributed by atoms with van der Waals surface area (Å²) in [6, 6.07) is 8.26. The van der Waals surface area contributed by atoms with Crippen molar-refractivity contribution in [3.63, 3.8) is 0 Å². The number of H-pyrrole nitrogens is 2. The van der Waals surface area contributed by atoms with Crippen molar-refractivity contribution in [3.8, 4) is 0 Å². The molecule has 88 valence electrons. The van der Waals surface area contributed by atoms with Crippen LogP contribution in [0.2, 0.25) is 0 Å². The van der Waals surface area contributed by atoms with Gasteiger partial charge in [0.15, 0.2) is 0 Å². The molecule has 6 nitrogen and oxygen atoms in total. The number of aromatic nitrogens is 2. The van der Waals surface area contributed by atoms with E-state index in [4.69, 9.17) is 5.11 Å². The van der Waals surface area contributed by atoms with E-state index < -0.39 is 11.2 Å². The zero-order valence-electron chi connectivity index (χ0n) is 8.86. The molecule has 1 aromatic carbocycles. The van der Waals surface area contributed by atoms with Crippen LogP contribution in [0, 0.1) is 0 Å². The summed E-state index contributed by atoms with van der Waals surface area (Å²) in [5, 5.41) is 11.8. The van der Waals surface area contributed by atoms with Gasteiger partial charge in [-0.25, -0.2) is 4.79 Å². The minimum atomic E-state index is -0.571. The van der Waals surface area contributed by atoms with E-state index in [-0.39, 0.29) is 6.61 Å². The van der Waals surface area contributed by atoms with E-state index in [0.717, 1.165) is 5.56 Å². The number of aromatic amines is 2. The van der Waals surface area contributed by atoms with Gasteiger partial charge in [0, 0.05) is 11.8 Å². The molecule has 0 amide bonds. The van der Waals surface area contributed by atoms with Crippen LogP contribution in [0.4, 0.5) is 11.5 Å². The Morgan fingerprint density at radius 3 is 2.71 bits per heavy atom. The summed E-state index contributed by atoms with van der Waals surface area (Å²) in [5.41, 5.74) is 0.368. The molecule has 0 radical (unpaired) electrons. The van der Waals surface area contributed by atoms with E-state index in [9.17, 15) is 9.59 Å². The van der Waals surface area contributed by atoms with Crippen molar-refractivity contribution in [1.29, 1.82) is 0 Å². The summed E-state index contributed by atoms with van der Waals surface area (Å²) in [4.78, 5) is 26.6. The molecule has 0 bridgehead atoms.